The third-order valence-electron chi connectivity index (χ3n) is 3.32. The number of nitrogens with zero attached hydrogens (tertiary/aromatic N) is 2. The van der Waals surface area contributed by atoms with Crippen LogP contribution in [0.25, 0.3) is 10.9 Å². The van der Waals surface area contributed by atoms with Gasteiger partial charge in [0, 0.05) is 23.5 Å². The SMILES string of the molecule is S=c1nc(N2CCCCC2)[nH]c2ccc(Cl)cc12. The summed E-state index contributed by atoms with van der Waals surface area (Å²) in [4.78, 5) is 10.1. The number of hydrogen-bond acceptors (Lipinski definition) is 3. The molecule has 0 spiro atoms. The highest BCUT2D eigenvalue weighted by molar-refractivity contribution is 7.71. The van der Waals surface area contributed by atoms with E-state index in [4.69, 9.17) is 23.8 Å². The Balaban J connectivity index is 2.09. The van der Waals surface area contributed by atoms with Gasteiger partial charge in [-0.2, -0.15) is 0 Å². The summed E-state index contributed by atoms with van der Waals surface area (Å²) in [5, 5.41) is 1.60. The van der Waals surface area contributed by atoms with Crippen LogP contribution in [0.15, 0.2) is 18.2 Å². The molecule has 3 nitrogen and oxygen atoms in total. The Morgan fingerprint density at radius 2 is 2.00 bits per heavy atom. The molecule has 1 aromatic carbocycles. The van der Waals surface area contributed by atoms with Crippen LogP contribution in [0.2, 0.25) is 5.02 Å². The molecule has 2 heterocycles. The Bertz CT molecular complexity index is 632. The highest BCUT2D eigenvalue weighted by atomic mass is 35.5. The molecule has 0 radical (unpaired) electrons. The van der Waals surface area contributed by atoms with Crippen molar-refractivity contribution in [3.8, 4) is 0 Å². The molecule has 0 unspecified atom stereocenters. The van der Waals surface area contributed by atoms with Crippen LogP contribution >= 0.6 is 23.8 Å². The van der Waals surface area contributed by atoms with Gasteiger partial charge in [0.05, 0.1) is 5.52 Å². The Morgan fingerprint density at radius 1 is 1.22 bits per heavy atom. The molecule has 18 heavy (non-hydrogen) atoms. The molecule has 1 N–H and O–H groups in total. The lowest BCUT2D eigenvalue weighted by atomic mass is 10.1. The fourth-order valence-corrected chi connectivity index (χ4v) is 2.79. The van der Waals surface area contributed by atoms with E-state index in [1.165, 1.54) is 19.3 Å². The normalized spacial score (nSPS) is 16.2. The second-order valence-electron chi connectivity index (χ2n) is 4.60. The van der Waals surface area contributed by atoms with Crippen molar-refractivity contribution in [2.75, 3.05) is 18.0 Å². The fraction of sp³-hybridized carbons (Fsp3) is 0.385. The van der Waals surface area contributed by atoms with E-state index in [-0.39, 0.29) is 0 Å². The Kier molecular flexibility index (Phi) is 3.22. The number of aromatic amines is 1. The summed E-state index contributed by atoms with van der Waals surface area (Å²) in [6.45, 7) is 2.11. The van der Waals surface area contributed by atoms with Crippen molar-refractivity contribution in [2.45, 2.75) is 19.3 Å². The van der Waals surface area contributed by atoms with E-state index in [1.54, 1.807) is 0 Å². The summed E-state index contributed by atoms with van der Waals surface area (Å²) in [7, 11) is 0. The average Bonchev–Trinajstić information content (AvgIpc) is 2.40. The number of piperidine rings is 1. The minimum Gasteiger partial charge on any atom is -0.342 e. The van der Waals surface area contributed by atoms with Gasteiger partial charge in [0.1, 0.15) is 4.64 Å². The van der Waals surface area contributed by atoms with Gasteiger partial charge < -0.3 is 9.88 Å². The van der Waals surface area contributed by atoms with Crippen LogP contribution < -0.4 is 4.90 Å². The van der Waals surface area contributed by atoms with Gasteiger partial charge in [0.2, 0.25) is 5.95 Å². The van der Waals surface area contributed by atoms with Crippen molar-refractivity contribution < 1.29 is 0 Å². The van der Waals surface area contributed by atoms with Gasteiger partial charge in [-0.1, -0.05) is 23.8 Å². The topological polar surface area (TPSA) is 31.9 Å². The first-order valence-electron chi connectivity index (χ1n) is 6.18. The minimum absolute atomic E-state index is 0.617. The summed E-state index contributed by atoms with van der Waals surface area (Å²) in [6, 6.07) is 5.69. The Labute approximate surface area is 116 Å². The van der Waals surface area contributed by atoms with Gasteiger partial charge >= 0.3 is 0 Å². The van der Waals surface area contributed by atoms with Crippen molar-refractivity contribution >= 4 is 40.7 Å². The minimum atomic E-state index is 0.617. The molecule has 1 aliphatic heterocycles. The molecule has 3 rings (SSSR count). The molecule has 1 saturated heterocycles. The molecule has 94 valence electrons. The van der Waals surface area contributed by atoms with E-state index in [2.05, 4.69) is 14.9 Å². The van der Waals surface area contributed by atoms with Crippen molar-refractivity contribution in [1.29, 1.82) is 0 Å². The van der Waals surface area contributed by atoms with Gasteiger partial charge in [-0.05, 0) is 37.5 Å². The van der Waals surface area contributed by atoms with Gasteiger partial charge in [-0.3, -0.25) is 0 Å². The van der Waals surface area contributed by atoms with Crippen LogP contribution in [-0.2, 0) is 0 Å². The highest BCUT2D eigenvalue weighted by Crippen LogP contribution is 2.22. The first-order chi connectivity index (χ1) is 8.74. The predicted molar refractivity (Wildman–Crippen MR) is 78.0 cm³/mol. The zero-order valence-corrected chi connectivity index (χ0v) is 11.5. The average molecular weight is 280 g/mol. The number of fused-ring (bicyclic) bond motifs is 1. The number of benzene rings is 1. The maximum atomic E-state index is 5.98. The predicted octanol–water partition coefficient (Wildman–Crippen LogP) is 3.94. The summed E-state index contributed by atoms with van der Waals surface area (Å²) in [6.07, 6.45) is 3.75. The molecule has 5 heteroatoms. The van der Waals surface area contributed by atoms with Gasteiger partial charge in [0.25, 0.3) is 0 Å². The molecule has 0 aliphatic carbocycles. The molecule has 1 aliphatic rings. The number of hydrogen-bond donors (Lipinski definition) is 1. The van der Waals surface area contributed by atoms with E-state index >= 15 is 0 Å². The zero-order chi connectivity index (χ0) is 12.5. The number of nitrogens with one attached hydrogen (secondary N) is 1. The lowest BCUT2D eigenvalue weighted by Gasteiger charge is -2.27. The first-order valence-corrected chi connectivity index (χ1v) is 6.97. The van der Waals surface area contributed by atoms with E-state index in [1.807, 2.05) is 18.2 Å². The van der Waals surface area contributed by atoms with Crippen molar-refractivity contribution in [3.63, 3.8) is 0 Å². The van der Waals surface area contributed by atoms with E-state index in [0.717, 1.165) is 29.9 Å². The van der Waals surface area contributed by atoms with Crippen LogP contribution in [0.1, 0.15) is 19.3 Å². The lowest BCUT2D eigenvalue weighted by Crippen LogP contribution is -2.31. The summed E-state index contributed by atoms with van der Waals surface area (Å²) >= 11 is 11.3. The quantitative estimate of drug-likeness (QED) is 0.803. The second kappa shape index (κ2) is 4.86. The molecule has 1 aromatic heterocycles. The van der Waals surface area contributed by atoms with Crippen LogP contribution in [0.5, 0.6) is 0 Å². The van der Waals surface area contributed by atoms with Gasteiger partial charge in [-0.15, -0.1) is 0 Å². The summed E-state index contributed by atoms with van der Waals surface area (Å²) < 4.78 is 0.617. The first kappa shape index (κ1) is 11.9. The molecule has 2 aromatic rings. The smallest absolute Gasteiger partial charge is 0.204 e. The Morgan fingerprint density at radius 3 is 2.78 bits per heavy atom. The number of anilines is 1. The van der Waals surface area contributed by atoms with Crippen molar-refractivity contribution in [2.24, 2.45) is 0 Å². The molecule has 0 atom stereocenters. The second-order valence-corrected chi connectivity index (χ2v) is 5.43. The number of halogens is 1. The Hall–Kier alpha value is -1.13. The van der Waals surface area contributed by atoms with Crippen LogP contribution in [0.3, 0.4) is 0 Å². The van der Waals surface area contributed by atoms with Crippen molar-refractivity contribution in [1.82, 2.24) is 9.97 Å². The van der Waals surface area contributed by atoms with Crippen LogP contribution in [0.4, 0.5) is 5.95 Å². The van der Waals surface area contributed by atoms with E-state index in [9.17, 15) is 0 Å². The molecule has 0 bridgehead atoms. The van der Waals surface area contributed by atoms with Crippen LogP contribution in [0, 0.1) is 4.64 Å². The largest absolute Gasteiger partial charge is 0.342 e. The number of aromatic nitrogens is 2. The highest BCUT2D eigenvalue weighted by Gasteiger charge is 2.13. The molecular weight excluding hydrogens is 266 g/mol. The summed E-state index contributed by atoms with van der Waals surface area (Å²) in [5.41, 5.74) is 1.000. The third kappa shape index (κ3) is 2.22. The zero-order valence-electron chi connectivity index (χ0n) is 9.95. The lowest BCUT2D eigenvalue weighted by molar-refractivity contribution is 0.569. The molecule has 0 amide bonds. The molecule has 0 saturated carbocycles. The maximum Gasteiger partial charge on any atom is 0.204 e. The monoisotopic (exact) mass is 279 g/mol. The number of H-pyrrole nitrogens is 1. The van der Waals surface area contributed by atoms with Crippen LogP contribution in [-0.4, -0.2) is 23.1 Å². The standard InChI is InChI=1S/C13H14ClN3S/c14-9-4-5-11-10(8-9)12(18)16-13(15-11)17-6-2-1-3-7-17/h4-5,8H,1-3,6-7H2,(H,15,16,18). The fourth-order valence-electron chi connectivity index (χ4n) is 2.36. The third-order valence-corrected chi connectivity index (χ3v) is 3.87. The number of rotatable bonds is 1. The van der Waals surface area contributed by atoms with E-state index < -0.39 is 0 Å². The van der Waals surface area contributed by atoms with Gasteiger partial charge in [-0.25, -0.2) is 4.98 Å². The van der Waals surface area contributed by atoms with E-state index in [0.29, 0.717) is 9.66 Å². The molecular formula is C13H14ClN3S. The maximum absolute atomic E-state index is 5.98. The van der Waals surface area contributed by atoms with Gasteiger partial charge in [0.15, 0.2) is 0 Å². The molecule has 1 fully saturated rings. The van der Waals surface area contributed by atoms with Crippen molar-refractivity contribution in [3.05, 3.63) is 27.9 Å². The summed E-state index contributed by atoms with van der Waals surface area (Å²) in [5.74, 6) is 0.884.